The van der Waals surface area contributed by atoms with Gasteiger partial charge in [0.15, 0.2) is 0 Å². The van der Waals surface area contributed by atoms with Crippen LogP contribution in [0.4, 0.5) is 0 Å². The van der Waals surface area contributed by atoms with Gasteiger partial charge in [-0.1, -0.05) is 6.07 Å². The maximum atomic E-state index is 8.91. The molecule has 0 aliphatic heterocycles. The highest BCUT2D eigenvalue weighted by Gasteiger charge is 1.99. The van der Waals surface area contributed by atoms with E-state index in [0.29, 0.717) is 0 Å². The third-order valence-corrected chi connectivity index (χ3v) is 2.31. The van der Waals surface area contributed by atoms with Gasteiger partial charge in [0.25, 0.3) is 0 Å². The van der Waals surface area contributed by atoms with Crippen LogP contribution in [0.1, 0.15) is 16.7 Å². The lowest BCUT2D eigenvalue weighted by Crippen LogP contribution is -1.90. The van der Waals surface area contributed by atoms with E-state index in [0.717, 1.165) is 21.6 Å². The molecule has 0 fully saturated rings. The highest BCUT2D eigenvalue weighted by atomic mass is 32.1. The quantitative estimate of drug-likeness (QED) is 0.615. The van der Waals surface area contributed by atoms with Crippen LogP contribution in [0.2, 0.25) is 0 Å². The van der Waals surface area contributed by atoms with E-state index in [1.165, 1.54) is 0 Å². The Balaban J connectivity index is 3.21. The topological polar surface area (TPSA) is 20.2 Å². The average Bonchev–Trinajstić information content (AvgIpc) is 1.97. The molecule has 0 aliphatic carbocycles. The SMILES string of the molecule is Cc1cc(CO)c(C)cc1S. The van der Waals surface area contributed by atoms with Gasteiger partial charge >= 0.3 is 0 Å². The molecule has 0 bridgehead atoms. The Labute approximate surface area is 72.5 Å². The fraction of sp³-hybridized carbons (Fsp3) is 0.333. The van der Waals surface area contributed by atoms with Crippen molar-refractivity contribution in [3.05, 3.63) is 28.8 Å². The molecule has 0 aliphatic rings. The third kappa shape index (κ3) is 1.76. The van der Waals surface area contributed by atoms with Gasteiger partial charge in [0.05, 0.1) is 6.61 Å². The molecular formula is C9H12OS. The van der Waals surface area contributed by atoms with Crippen LogP contribution in [0, 0.1) is 13.8 Å². The predicted octanol–water partition coefficient (Wildman–Crippen LogP) is 2.08. The van der Waals surface area contributed by atoms with Crippen molar-refractivity contribution in [1.29, 1.82) is 0 Å². The van der Waals surface area contributed by atoms with Gasteiger partial charge in [0.1, 0.15) is 0 Å². The van der Waals surface area contributed by atoms with E-state index in [1.54, 1.807) is 0 Å². The molecule has 1 nitrogen and oxygen atoms in total. The number of hydrogen-bond acceptors (Lipinski definition) is 2. The van der Waals surface area contributed by atoms with Gasteiger partial charge in [-0.2, -0.15) is 0 Å². The number of thiol groups is 1. The van der Waals surface area contributed by atoms with Gasteiger partial charge in [-0.15, -0.1) is 12.6 Å². The zero-order valence-corrected chi connectivity index (χ0v) is 7.65. The van der Waals surface area contributed by atoms with E-state index in [9.17, 15) is 0 Å². The van der Waals surface area contributed by atoms with Crippen molar-refractivity contribution in [1.82, 2.24) is 0 Å². The van der Waals surface area contributed by atoms with Crippen LogP contribution in [-0.4, -0.2) is 5.11 Å². The minimum absolute atomic E-state index is 0.112. The number of hydrogen-bond donors (Lipinski definition) is 2. The Kier molecular flexibility index (Phi) is 2.58. The number of rotatable bonds is 1. The molecule has 0 heterocycles. The Morgan fingerprint density at radius 2 is 1.91 bits per heavy atom. The van der Waals surface area contributed by atoms with Crippen LogP contribution in [0.15, 0.2) is 17.0 Å². The second-order valence-corrected chi connectivity index (χ2v) is 3.21. The van der Waals surface area contributed by atoms with E-state index in [1.807, 2.05) is 26.0 Å². The second kappa shape index (κ2) is 3.28. The Hall–Kier alpha value is -0.470. The number of aliphatic hydroxyl groups excluding tert-OH is 1. The third-order valence-electron chi connectivity index (χ3n) is 1.82. The molecule has 0 saturated carbocycles. The largest absolute Gasteiger partial charge is 0.392 e. The summed E-state index contributed by atoms with van der Waals surface area (Å²) in [5.74, 6) is 0. The summed E-state index contributed by atoms with van der Waals surface area (Å²) in [6.07, 6.45) is 0. The molecule has 1 aromatic rings. The minimum atomic E-state index is 0.112. The normalized spacial score (nSPS) is 10.2. The summed E-state index contributed by atoms with van der Waals surface area (Å²) in [7, 11) is 0. The molecule has 0 spiro atoms. The molecule has 0 amide bonds. The van der Waals surface area contributed by atoms with Gasteiger partial charge < -0.3 is 5.11 Å². The van der Waals surface area contributed by atoms with Gasteiger partial charge in [-0.25, -0.2) is 0 Å². The number of aryl methyl sites for hydroxylation is 2. The summed E-state index contributed by atoms with van der Waals surface area (Å²) < 4.78 is 0. The van der Waals surface area contributed by atoms with Crippen molar-refractivity contribution in [3.63, 3.8) is 0 Å². The first-order valence-corrected chi connectivity index (χ1v) is 4.00. The maximum Gasteiger partial charge on any atom is 0.0684 e. The zero-order chi connectivity index (χ0) is 8.43. The molecule has 1 rings (SSSR count). The number of benzene rings is 1. The van der Waals surface area contributed by atoms with E-state index in [2.05, 4.69) is 12.6 Å². The first-order chi connectivity index (χ1) is 5.15. The van der Waals surface area contributed by atoms with Crippen molar-refractivity contribution in [2.75, 3.05) is 0 Å². The predicted molar refractivity (Wildman–Crippen MR) is 49.1 cm³/mol. The second-order valence-electron chi connectivity index (χ2n) is 2.72. The smallest absolute Gasteiger partial charge is 0.0684 e. The summed E-state index contributed by atoms with van der Waals surface area (Å²) in [4.78, 5) is 0.986. The lowest BCUT2D eigenvalue weighted by atomic mass is 10.1. The van der Waals surface area contributed by atoms with Crippen molar-refractivity contribution in [3.8, 4) is 0 Å². The van der Waals surface area contributed by atoms with Crippen molar-refractivity contribution in [2.45, 2.75) is 25.3 Å². The van der Waals surface area contributed by atoms with Crippen LogP contribution >= 0.6 is 12.6 Å². The number of aliphatic hydroxyl groups is 1. The summed E-state index contributed by atoms with van der Waals surface area (Å²) in [5.41, 5.74) is 3.20. The van der Waals surface area contributed by atoms with Crippen LogP contribution in [0.25, 0.3) is 0 Å². The molecule has 0 saturated heterocycles. The maximum absolute atomic E-state index is 8.91. The zero-order valence-electron chi connectivity index (χ0n) is 6.76. The van der Waals surface area contributed by atoms with E-state index < -0.39 is 0 Å². The van der Waals surface area contributed by atoms with Crippen LogP contribution in [0.5, 0.6) is 0 Å². The van der Waals surface area contributed by atoms with Gasteiger partial charge in [0.2, 0.25) is 0 Å². The fourth-order valence-corrected chi connectivity index (χ4v) is 1.29. The first-order valence-electron chi connectivity index (χ1n) is 3.55. The average molecular weight is 168 g/mol. The lowest BCUT2D eigenvalue weighted by molar-refractivity contribution is 0.281. The molecule has 0 atom stereocenters. The Bertz CT molecular complexity index is 269. The Morgan fingerprint density at radius 3 is 2.45 bits per heavy atom. The van der Waals surface area contributed by atoms with E-state index in [-0.39, 0.29) is 6.61 Å². The monoisotopic (exact) mass is 168 g/mol. The summed E-state index contributed by atoms with van der Waals surface area (Å²) >= 11 is 4.27. The van der Waals surface area contributed by atoms with Gasteiger partial charge in [-0.3, -0.25) is 0 Å². The molecule has 11 heavy (non-hydrogen) atoms. The molecule has 0 unspecified atom stereocenters. The first kappa shape index (κ1) is 8.62. The van der Waals surface area contributed by atoms with Gasteiger partial charge in [-0.05, 0) is 36.6 Å². The Morgan fingerprint density at radius 1 is 1.27 bits per heavy atom. The molecular weight excluding hydrogens is 156 g/mol. The summed E-state index contributed by atoms with van der Waals surface area (Å²) in [6, 6.07) is 3.95. The molecule has 2 heteroatoms. The summed E-state index contributed by atoms with van der Waals surface area (Å²) in [5, 5.41) is 8.91. The molecule has 1 aromatic carbocycles. The lowest BCUT2D eigenvalue weighted by Gasteiger charge is -2.05. The van der Waals surface area contributed by atoms with Crippen molar-refractivity contribution in [2.24, 2.45) is 0 Å². The fourth-order valence-electron chi connectivity index (χ4n) is 1.03. The summed E-state index contributed by atoms with van der Waals surface area (Å²) in [6.45, 7) is 4.08. The highest BCUT2D eigenvalue weighted by molar-refractivity contribution is 7.80. The standard InChI is InChI=1S/C9H12OS/c1-6-4-9(11)7(2)3-8(6)5-10/h3-4,10-11H,5H2,1-2H3. The van der Waals surface area contributed by atoms with Crippen molar-refractivity contribution >= 4 is 12.6 Å². The molecule has 0 radical (unpaired) electrons. The molecule has 0 aromatic heterocycles. The molecule has 60 valence electrons. The molecule has 1 N–H and O–H groups in total. The minimum Gasteiger partial charge on any atom is -0.392 e. The van der Waals surface area contributed by atoms with Crippen LogP contribution in [-0.2, 0) is 6.61 Å². The van der Waals surface area contributed by atoms with Gasteiger partial charge in [0, 0.05) is 4.90 Å². The van der Waals surface area contributed by atoms with E-state index >= 15 is 0 Å². The van der Waals surface area contributed by atoms with E-state index in [4.69, 9.17) is 5.11 Å². The van der Waals surface area contributed by atoms with Crippen LogP contribution < -0.4 is 0 Å². The van der Waals surface area contributed by atoms with Crippen LogP contribution in [0.3, 0.4) is 0 Å². The highest BCUT2D eigenvalue weighted by Crippen LogP contribution is 2.18. The van der Waals surface area contributed by atoms with Crippen molar-refractivity contribution < 1.29 is 5.11 Å².